The lowest BCUT2D eigenvalue weighted by atomic mass is 10.0. The van der Waals surface area contributed by atoms with E-state index in [1.54, 1.807) is 36.4 Å². The molecule has 6 nitrogen and oxygen atoms in total. The summed E-state index contributed by atoms with van der Waals surface area (Å²) in [5.41, 5.74) is 2.44. The summed E-state index contributed by atoms with van der Waals surface area (Å²) in [4.78, 5) is 24.9. The van der Waals surface area contributed by atoms with Gasteiger partial charge in [0.2, 0.25) is 5.88 Å². The third-order valence-electron chi connectivity index (χ3n) is 5.36. The normalized spacial score (nSPS) is 11.6. The molecule has 4 rings (SSSR count). The maximum absolute atomic E-state index is 13.3. The fourth-order valence-electron chi connectivity index (χ4n) is 3.44. The van der Waals surface area contributed by atoms with Gasteiger partial charge in [-0.05, 0) is 53.4 Å². The minimum Gasteiger partial charge on any atom is -0.472 e. The standard InChI is InChI=1S/C27H24FN3O3/c1-19(21-7-3-2-4-8-21)17-29-27(33)22-10-12-24(13-11-22)31-26(32)15-14-25(30-31)34-18-20-6-5-9-23(28)16-20/h2-16,19H,17-18H2,1H3,(H,29,33)/t19-/m1/s1. The summed E-state index contributed by atoms with van der Waals surface area (Å²) in [5.74, 6) is -0.137. The lowest BCUT2D eigenvalue weighted by molar-refractivity contribution is 0.0951. The van der Waals surface area contributed by atoms with Crippen molar-refractivity contribution in [3.05, 3.63) is 124 Å². The van der Waals surface area contributed by atoms with Gasteiger partial charge in [0.25, 0.3) is 11.5 Å². The Morgan fingerprint density at radius 3 is 2.50 bits per heavy atom. The number of amides is 1. The van der Waals surface area contributed by atoms with Crippen LogP contribution in [0, 0.1) is 5.82 Å². The number of rotatable bonds is 8. The molecule has 0 fully saturated rings. The Morgan fingerprint density at radius 1 is 1.00 bits per heavy atom. The molecule has 0 unspecified atom stereocenters. The van der Waals surface area contributed by atoms with Crippen molar-refractivity contribution in [2.45, 2.75) is 19.4 Å². The summed E-state index contributed by atoms with van der Waals surface area (Å²) in [6.45, 7) is 2.68. The highest BCUT2D eigenvalue weighted by atomic mass is 19.1. The predicted octanol–water partition coefficient (Wildman–Crippen LogP) is 4.48. The zero-order valence-corrected chi connectivity index (χ0v) is 18.6. The minimum absolute atomic E-state index is 0.115. The van der Waals surface area contributed by atoms with E-state index >= 15 is 0 Å². The molecule has 1 aromatic heterocycles. The Hall–Kier alpha value is -4.26. The van der Waals surface area contributed by atoms with E-state index in [1.165, 1.54) is 28.9 Å². The predicted molar refractivity (Wildman–Crippen MR) is 128 cm³/mol. The number of aromatic nitrogens is 2. The zero-order chi connectivity index (χ0) is 23.9. The SMILES string of the molecule is C[C@H](CNC(=O)c1ccc(-n2nc(OCc3cccc(F)c3)ccc2=O)cc1)c1ccccc1. The van der Waals surface area contributed by atoms with Crippen molar-refractivity contribution in [1.29, 1.82) is 0 Å². The molecule has 34 heavy (non-hydrogen) atoms. The highest BCUT2D eigenvalue weighted by Gasteiger charge is 2.11. The molecule has 0 spiro atoms. The smallest absolute Gasteiger partial charge is 0.271 e. The number of ether oxygens (including phenoxy) is 1. The van der Waals surface area contributed by atoms with Gasteiger partial charge in [0.05, 0.1) is 5.69 Å². The van der Waals surface area contributed by atoms with E-state index in [9.17, 15) is 14.0 Å². The molecule has 0 bridgehead atoms. The van der Waals surface area contributed by atoms with Crippen molar-refractivity contribution in [1.82, 2.24) is 15.1 Å². The average Bonchev–Trinajstić information content (AvgIpc) is 2.87. The minimum atomic E-state index is -0.349. The molecule has 0 aliphatic rings. The lowest BCUT2D eigenvalue weighted by Gasteiger charge is -2.13. The molecule has 7 heteroatoms. The second kappa shape index (κ2) is 10.6. The van der Waals surface area contributed by atoms with E-state index in [2.05, 4.69) is 17.3 Å². The topological polar surface area (TPSA) is 73.2 Å². The quantitative estimate of drug-likeness (QED) is 0.423. The van der Waals surface area contributed by atoms with Crippen LogP contribution in [-0.4, -0.2) is 22.2 Å². The van der Waals surface area contributed by atoms with Crippen LogP contribution in [-0.2, 0) is 6.61 Å². The van der Waals surface area contributed by atoms with Crippen LogP contribution in [0.25, 0.3) is 5.69 Å². The van der Waals surface area contributed by atoms with Crippen molar-refractivity contribution < 1.29 is 13.9 Å². The van der Waals surface area contributed by atoms with Crippen LogP contribution in [0.5, 0.6) is 5.88 Å². The van der Waals surface area contributed by atoms with E-state index in [4.69, 9.17) is 4.74 Å². The van der Waals surface area contributed by atoms with Gasteiger partial charge in [-0.3, -0.25) is 9.59 Å². The molecule has 0 saturated carbocycles. The molecule has 4 aromatic rings. The second-order valence-corrected chi connectivity index (χ2v) is 7.91. The van der Waals surface area contributed by atoms with Gasteiger partial charge in [0.1, 0.15) is 12.4 Å². The fourth-order valence-corrected chi connectivity index (χ4v) is 3.44. The monoisotopic (exact) mass is 457 g/mol. The molecule has 1 atom stereocenters. The van der Waals surface area contributed by atoms with Gasteiger partial charge in [-0.2, -0.15) is 4.68 Å². The fraction of sp³-hybridized carbons (Fsp3) is 0.148. The van der Waals surface area contributed by atoms with Gasteiger partial charge >= 0.3 is 0 Å². The van der Waals surface area contributed by atoms with E-state index in [1.807, 2.05) is 30.3 Å². The third kappa shape index (κ3) is 5.75. The van der Waals surface area contributed by atoms with Crippen LogP contribution in [0.1, 0.15) is 34.3 Å². The molecular formula is C27H24FN3O3. The Labute approximate surface area is 196 Å². The van der Waals surface area contributed by atoms with Gasteiger partial charge in [0.15, 0.2) is 0 Å². The van der Waals surface area contributed by atoms with Crippen LogP contribution >= 0.6 is 0 Å². The molecule has 1 N–H and O–H groups in total. The van der Waals surface area contributed by atoms with Gasteiger partial charge in [-0.1, -0.05) is 49.4 Å². The summed E-state index contributed by atoms with van der Waals surface area (Å²) in [6.07, 6.45) is 0. The van der Waals surface area contributed by atoms with E-state index in [-0.39, 0.29) is 35.7 Å². The summed E-state index contributed by atoms with van der Waals surface area (Å²) in [7, 11) is 0. The van der Waals surface area contributed by atoms with Gasteiger partial charge in [0, 0.05) is 24.2 Å². The first kappa shape index (κ1) is 22.9. The summed E-state index contributed by atoms with van der Waals surface area (Å²) < 4.78 is 20.2. The number of nitrogens with zero attached hydrogens (tertiary/aromatic N) is 2. The molecule has 0 radical (unpaired) electrons. The van der Waals surface area contributed by atoms with Crippen molar-refractivity contribution in [2.75, 3.05) is 6.54 Å². The van der Waals surface area contributed by atoms with Gasteiger partial charge in [-0.15, -0.1) is 5.10 Å². The number of halogens is 1. The first-order valence-electron chi connectivity index (χ1n) is 10.9. The van der Waals surface area contributed by atoms with E-state index < -0.39 is 0 Å². The molecule has 3 aromatic carbocycles. The average molecular weight is 458 g/mol. The third-order valence-corrected chi connectivity index (χ3v) is 5.36. The van der Waals surface area contributed by atoms with Crippen molar-refractivity contribution in [3.63, 3.8) is 0 Å². The molecule has 1 heterocycles. The van der Waals surface area contributed by atoms with Crippen molar-refractivity contribution in [2.24, 2.45) is 0 Å². The number of hydrogen-bond acceptors (Lipinski definition) is 4. The lowest BCUT2D eigenvalue weighted by Crippen LogP contribution is -2.27. The maximum atomic E-state index is 13.3. The van der Waals surface area contributed by atoms with Gasteiger partial charge < -0.3 is 10.1 Å². The number of carbonyl (C=O) groups is 1. The molecule has 0 saturated heterocycles. The Kier molecular flexibility index (Phi) is 7.13. The van der Waals surface area contributed by atoms with Crippen LogP contribution < -0.4 is 15.6 Å². The molecule has 172 valence electrons. The van der Waals surface area contributed by atoms with Crippen molar-refractivity contribution in [3.8, 4) is 11.6 Å². The van der Waals surface area contributed by atoms with Gasteiger partial charge in [-0.25, -0.2) is 4.39 Å². The molecule has 0 aliphatic heterocycles. The first-order valence-corrected chi connectivity index (χ1v) is 10.9. The van der Waals surface area contributed by atoms with Crippen LogP contribution in [0.3, 0.4) is 0 Å². The van der Waals surface area contributed by atoms with Crippen LogP contribution in [0.15, 0.2) is 95.8 Å². The molecule has 0 aliphatic carbocycles. The van der Waals surface area contributed by atoms with Crippen LogP contribution in [0.2, 0.25) is 0 Å². The highest BCUT2D eigenvalue weighted by molar-refractivity contribution is 5.94. The van der Waals surface area contributed by atoms with Crippen LogP contribution in [0.4, 0.5) is 4.39 Å². The summed E-state index contributed by atoms with van der Waals surface area (Å²) in [6, 6.07) is 25.5. The molecule has 1 amide bonds. The Morgan fingerprint density at radius 2 is 1.76 bits per heavy atom. The van der Waals surface area contributed by atoms with Crippen molar-refractivity contribution >= 4 is 5.91 Å². The first-order chi connectivity index (χ1) is 16.5. The largest absolute Gasteiger partial charge is 0.472 e. The maximum Gasteiger partial charge on any atom is 0.271 e. The highest BCUT2D eigenvalue weighted by Crippen LogP contribution is 2.15. The summed E-state index contributed by atoms with van der Waals surface area (Å²) in [5, 5.41) is 7.18. The number of benzene rings is 3. The Balaban J connectivity index is 1.41. The Bertz CT molecular complexity index is 1320. The van der Waals surface area contributed by atoms with E-state index in [0.717, 1.165) is 5.56 Å². The number of nitrogens with one attached hydrogen (secondary N) is 1. The second-order valence-electron chi connectivity index (χ2n) is 7.91. The summed E-state index contributed by atoms with van der Waals surface area (Å²) >= 11 is 0. The number of carbonyl (C=O) groups excluding carboxylic acids is 1. The molecular weight excluding hydrogens is 433 g/mol. The zero-order valence-electron chi connectivity index (χ0n) is 18.6. The van der Waals surface area contributed by atoms with E-state index in [0.29, 0.717) is 23.4 Å². The number of hydrogen-bond donors (Lipinski definition) is 1.